The number of rotatable bonds is 7. The number of benzene rings is 2. The van der Waals surface area contributed by atoms with Gasteiger partial charge in [0.15, 0.2) is 13.2 Å². The van der Waals surface area contributed by atoms with E-state index in [1.54, 1.807) is 0 Å². The largest absolute Gasteiger partial charge is 0.482 e. The summed E-state index contributed by atoms with van der Waals surface area (Å²) in [6.45, 7) is -0.834. The van der Waals surface area contributed by atoms with Crippen LogP contribution in [0.15, 0.2) is 47.4 Å². The van der Waals surface area contributed by atoms with Crippen molar-refractivity contribution in [2.45, 2.75) is 24.2 Å². The van der Waals surface area contributed by atoms with Gasteiger partial charge in [0.2, 0.25) is 10.0 Å². The number of hydrogen-bond acceptors (Lipinski definition) is 6. The lowest BCUT2D eigenvalue weighted by atomic mass is 10.1. The fourth-order valence-electron chi connectivity index (χ4n) is 2.92. The number of carbonyl (C=O) groups excluding carboxylic acids is 2. The van der Waals surface area contributed by atoms with E-state index in [1.807, 2.05) is 18.2 Å². The number of ether oxygens (including phenoxy) is 2. The van der Waals surface area contributed by atoms with Crippen molar-refractivity contribution in [2.75, 3.05) is 18.5 Å². The van der Waals surface area contributed by atoms with Crippen molar-refractivity contribution in [3.63, 3.8) is 0 Å². The highest BCUT2D eigenvalue weighted by molar-refractivity contribution is 7.89. The molecule has 0 unspecified atom stereocenters. The molecule has 0 aliphatic heterocycles. The first-order valence-electron chi connectivity index (χ1n) is 8.64. The second-order valence-corrected chi connectivity index (χ2v) is 7.92. The van der Waals surface area contributed by atoms with Crippen molar-refractivity contribution in [1.82, 2.24) is 0 Å². The molecule has 1 aliphatic carbocycles. The van der Waals surface area contributed by atoms with E-state index < -0.39 is 28.5 Å². The van der Waals surface area contributed by atoms with Gasteiger partial charge in [-0.1, -0.05) is 12.1 Å². The molecule has 0 fully saturated rings. The summed E-state index contributed by atoms with van der Waals surface area (Å²) >= 11 is 0. The Kier molecular flexibility index (Phi) is 5.96. The molecule has 8 nitrogen and oxygen atoms in total. The van der Waals surface area contributed by atoms with Gasteiger partial charge in [-0.2, -0.15) is 0 Å². The fourth-order valence-corrected chi connectivity index (χ4v) is 3.48. The molecule has 28 heavy (non-hydrogen) atoms. The summed E-state index contributed by atoms with van der Waals surface area (Å²) in [6, 6.07) is 11.2. The molecule has 0 aromatic heterocycles. The Morgan fingerprint density at radius 1 is 1.04 bits per heavy atom. The van der Waals surface area contributed by atoms with Crippen molar-refractivity contribution in [1.29, 1.82) is 0 Å². The number of nitrogens with one attached hydrogen (secondary N) is 1. The van der Waals surface area contributed by atoms with Crippen LogP contribution in [0.2, 0.25) is 0 Å². The zero-order valence-electron chi connectivity index (χ0n) is 15.0. The van der Waals surface area contributed by atoms with Gasteiger partial charge in [0.25, 0.3) is 5.91 Å². The van der Waals surface area contributed by atoms with E-state index in [0.29, 0.717) is 5.75 Å². The van der Waals surface area contributed by atoms with Crippen molar-refractivity contribution < 1.29 is 27.5 Å². The second kappa shape index (κ2) is 8.41. The molecule has 0 heterocycles. The molecule has 2 aromatic rings. The minimum atomic E-state index is -3.88. The Bertz CT molecular complexity index is 1000. The third-order valence-corrected chi connectivity index (χ3v) is 5.15. The van der Waals surface area contributed by atoms with Crippen LogP contribution in [-0.4, -0.2) is 33.5 Å². The topological polar surface area (TPSA) is 125 Å². The predicted molar refractivity (Wildman–Crippen MR) is 101 cm³/mol. The second-order valence-electron chi connectivity index (χ2n) is 6.35. The van der Waals surface area contributed by atoms with E-state index in [9.17, 15) is 18.0 Å². The summed E-state index contributed by atoms with van der Waals surface area (Å²) < 4.78 is 32.9. The molecule has 0 spiro atoms. The maximum absolute atomic E-state index is 11.9. The molecule has 3 N–H and O–H groups in total. The minimum Gasteiger partial charge on any atom is -0.482 e. The molecule has 0 saturated carbocycles. The Balaban J connectivity index is 1.45. The van der Waals surface area contributed by atoms with E-state index in [-0.39, 0.29) is 17.2 Å². The Hall–Kier alpha value is -2.91. The molecule has 0 bridgehead atoms. The highest BCUT2D eigenvalue weighted by Gasteiger charge is 2.14. The summed E-state index contributed by atoms with van der Waals surface area (Å²) in [5, 5.41) is 7.48. The van der Waals surface area contributed by atoms with Crippen LogP contribution in [-0.2, 0) is 37.2 Å². The average Bonchev–Trinajstić information content (AvgIpc) is 3.12. The zero-order chi connectivity index (χ0) is 20.1. The lowest BCUT2D eigenvalue weighted by Crippen LogP contribution is -2.23. The van der Waals surface area contributed by atoms with Gasteiger partial charge in [-0.15, -0.1) is 0 Å². The summed E-state index contributed by atoms with van der Waals surface area (Å²) in [7, 11) is -3.88. The van der Waals surface area contributed by atoms with Crippen LogP contribution in [0.3, 0.4) is 0 Å². The number of carbonyl (C=O) groups is 2. The highest BCUT2D eigenvalue weighted by atomic mass is 32.2. The third-order valence-electron chi connectivity index (χ3n) is 4.24. The van der Waals surface area contributed by atoms with E-state index >= 15 is 0 Å². The summed E-state index contributed by atoms with van der Waals surface area (Å²) in [6.07, 6.45) is 3.19. The van der Waals surface area contributed by atoms with Crippen molar-refractivity contribution in [2.24, 2.45) is 5.14 Å². The number of nitrogens with two attached hydrogens (primary N) is 1. The van der Waals surface area contributed by atoms with Crippen LogP contribution in [0, 0.1) is 0 Å². The normalized spacial score (nSPS) is 12.9. The van der Waals surface area contributed by atoms with Gasteiger partial charge in [-0.05, 0) is 60.7 Å². The van der Waals surface area contributed by atoms with Gasteiger partial charge in [0, 0.05) is 5.69 Å². The molecule has 148 valence electrons. The lowest BCUT2D eigenvalue weighted by Gasteiger charge is -2.09. The number of fused-ring (bicyclic) bond motifs is 1. The van der Waals surface area contributed by atoms with Crippen molar-refractivity contribution in [3.8, 4) is 5.75 Å². The highest BCUT2D eigenvalue weighted by Crippen LogP contribution is 2.26. The van der Waals surface area contributed by atoms with Crippen LogP contribution in [0.1, 0.15) is 17.5 Å². The molecular formula is C19H20N2O6S. The van der Waals surface area contributed by atoms with Crippen molar-refractivity contribution >= 4 is 27.6 Å². The molecule has 3 rings (SSSR count). The maximum atomic E-state index is 11.9. The van der Waals surface area contributed by atoms with Crippen LogP contribution in [0.4, 0.5) is 5.69 Å². The van der Waals surface area contributed by atoms with E-state index in [0.717, 1.165) is 19.3 Å². The molecule has 0 saturated heterocycles. The number of anilines is 1. The third kappa shape index (κ3) is 5.30. The number of hydrogen-bond donors (Lipinski definition) is 2. The summed E-state index contributed by atoms with van der Waals surface area (Å²) in [5.74, 6) is -0.715. The number of aryl methyl sites for hydroxylation is 2. The van der Waals surface area contributed by atoms with Gasteiger partial charge in [-0.3, -0.25) is 4.79 Å². The van der Waals surface area contributed by atoms with Crippen LogP contribution in [0.5, 0.6) is 5.75 Å². The van der Waals surface area contributed by atoms with Crippen molar-refractivity contribution in [3.05, 3.63) is 53.6 Å². The summed E-state index contributed by atoms with van der Waals surface area (Å²) in [4.78, 5) is 23.5. The van der Waals surface area contributed by atoms with E-state index in [1.165, 1.54) is 35.4 Å². The minimum absolute atomic E-state index is 0.134. The van der Waals surface area contributed by atoms with Gasteiger partial charge < -0.3 is 14.8 Å². The molecule has 0 radical (unpaired) electrons. The maximum Gasteiger partial charge on any atom is 0.344 e. The first-order valence-corrected chi connectivity index (χ1v) is 10.2. The van der Waals surface area contributed by atoms with Crippen LogP contribution in [0.25, 0.3) is 0 Å². The predicted octanol–water partition coefficient (Wildman–Crippen LogP) is 1.38. The standard InChI is InChI=1S/C19H20N2O6S/c20-28(24,25)17-6-2-5-15(10-17)21-18(22)11-27-19(23)12-26-16-8-7-13-3-1-4-14(13)9-16/h2,5-10H,1,3-4,11-12H2,(H,21,22)(H2,20,24,25). The smallest absolute Gasteiger partial charge is 0.344 e. The molecule has 1 amide bonds. The number of esters is 1. The first kappa shape index (κ1) is 19.8. The fraction of sp³-hybridized carbons (Fsp3) is 0.263. The first-order chi connectivity index (χ1) is 13.3. The number of amides is 1. The van der Waals surface area contributed by atoms with E-state index in [4.69, 9.17) is 14.6 Å². The Morgan fingerprint density at radius 2 is 1.82 bits per heavy atom. The zero-order valence-corrected chi connectivity index (χ0v) is 15.8. The quantitative estimate of drug-likeness (QED) is 0.672. The average molecular weight is 404 g/mol. The molecule has 9 heteroatoms. The molecular weight excluding hydrogens is 384 g/mol. The van der Waals surface area contributed by atoms with Gasteiger partial charge in [0.05, 0.1) is 4.90 Å². The Labute approximate surface area is 162 Å². The van der Waals surface area contributed by atoms with Gasteiger partial charge >= 0.3 is 5.97 Å². The van der Waals surface area contributed by atoms with Crippen LogP contribution < -0.4 is 15.2 Å². The number of sulfonamides is 1. The molecule has 1 aliphatic rings. The SMILES string of the molecule is NS(=O)(=O)c1cccc(NC(=O)COC(=O)COc2ccc3c(c2)CCC3)c1. The summed E-state index contributed by atoms with van der Waals surface area (Å²) in [5.41, 5.74) is 2.76. The van der Waals surface area contributed by atoms with Crippen LogP contribution >= 0.6 is 0 Å². The monoisotopic (exact) mass is 404 g/mol. The Morgan fingerprint density at radius 3 is 2.61 bits per heavy atom. The molecule has 2 aromatic carbocycles. The lowest BCUT2D eigenvalue weighted by molar-refractivity contribution is -0.149. The van der Waals surface area contributed by atoms with Gasteiger partial charge in [-0.25, -0.2) is 18.4 Å². The number of primary sulfonamides is 1. The van der Waals surface area contributed by atoms with E-state index in [2.05, 4.69) is 5.32 Å². The van der Waals surface area contributed by atoms with Gasteiger partial charge in [0.1, 0.15) is 5.75 Å². The molecule has 0 atom stereocenters.